The molecule has 0 aliphatic carbocycles. The van der Waals surface area contributed by atoms with Gasteiger partial charge in [-0.05, 0) is 41.3 Å². The highest BCUT2D eigenvalue weighted by Crippen LogP contribution is 2.31. The van der Waals surface area contributed by atoms with Crippen LogP contribution in [0.3, 0.4) is 0 Å². The molecule has 1 heterocycles. The lowest BCUT2D eigenvalue weighted by Gasteiger charge is -2.13. The van der Waals surface area contributed by atoms with Gasteiger partial charge < -0.3 is 10.1 Å². The summed E-state index contributed by atoms with van der Waals surface area (Å²) < 4.78 is 26.9. The van der Waals surface area contributed by atoms with Crippen molar-refractivity contribution in [1.29, 1.82) is 0 Å². The summed E-state index contributed by atoms with van der Waals surface area (Å²) in [6, 6.07) is 8.37. The van der Waals surface area contributed by atoms with Crippen molar-refractivity contribution in [3.63, 3.8) is 0 Å². The molecule has 6 heteroatoms. The van der Waals surface area contributed by atoms with Gasteiger partial charge in [0.1, 0.15) is 11.6 Å². The van der Waals surface area contributed by atoms with Crippen LogP contribution in [-0.2, 0) is 4.79 Å². The van der Waals surface area contributed by atoms with Gasteiger partial charge in [-0.15, -0.1) is 0 Å². The third kappa shape index (κ3) is 3.74. The molecule has 0 radical (unpaired) electrons. The van der Waals surface area contributed by atoms with Crippen LogP contribution >= 0.6 is 0 Å². The Hall–Kier alpha value is -3.02. The van der Waals surface area contributed by atoms with Crippen LogP contribution in [0.5, 0.6) is 0 Å². The van der Waals surface area contributed by atoms with Gasteiger partial charge in [-0.3, -0.25) is 9.59 Å². The van der Waals surface area contributed by atoms with Crippen LogP contribution in [0, 0.1) is 11.6 Å². The van der Waals surface area contributed by atoms with E-state index in [9.17, 15) is 23.5 Å². The molecular weight excluding hydrogens is 352 g/mol. The van der Waals surface area contributed by atoms with E-state index in [0.717, 1.165) is 28.6 Å². The quantitative estimate of drug-likeness (QED) is 0.598. The fraction of sp³-hybridized carbons (Fsp3) is 0.238. The molecule has 0 saturated heterocycles. The Morgan fingerprint density at radius 2 is 1.85 bits per heavy atom. The summed E-state index contributed by atoms with van der Waals surface area (Å²) >= 11 is 0. The number of aliphatic carboxylic acids is 1. The van der Waals surface area contributed by atoms with E-state index < -0.39 is 35.7 Å². The summed E-state index contributed by atoms with van der Waals surface area (Å²) in [4.78, 5) is 27.3. The van der Waals surface area contributed by atoms with Crippen LogP contribution in [0.25, 0.3) is 10.9 Å². The van der Waals surface area contributed by atoms with Gasteiger partial charge in [-0.25, -0.2) is 8.78 Å². The van der Waals surface area contributed by atoms with E-state index in [1.165, 1.54) is 0 Å². The van der Waals surface area contributed by atoms with E-state index >= 15 is 0 Å². The Labute approximate surface area is 154 Å². The number of carbonyl (C=O) groups excluding carboxylic acids is 1. The maximum atomic E-state index is 13.9. The average molecular weight is 371 g/mol. The molecular formula is C21H19F2NO3. The molecule has 0 bridgehead atoms. The number of benzene rings is 2. The molecule has 140 valence electrons. The monoisotopic (exact) mass is 371 g/mol. The van der Waals surface area contributed by atoms with Crippen molar-refractivity contribution >= 4 is 22.7 Å². The number of carboxylic acids is 1. The lowest BCUT2D eigenvalue weighted by Crippen LogP contribution is -2.17. The van der Waals surface area contributed by atoms with Crippen LogP contribution in [0.1, 0.15) is 53.6 Å². The molecule has 3 aromatic rings. The largest absolute Gasteiger partial charge is 0.481 e. The van der Waals surface area contributed by atoms with Gasteiger partial charge in [0.05, 0.1) is 11.5 Å². The zero-order valence-corrected chi connectivity index (χ0v) is 14.9. The summed E-state index contributed by atoms with van der Waals surface area (Å²) in [5, 5.41) is 10.4. The van der Waals surface area contributed by atoms with Crippen molar-refractivity contribution in [2.75, 3.05) is 0 Å². The standard InChI is InChI=1S/C21H19F2NO3/c1-11(2)12-3-6-19-15(7-12)17(10-24-19)16(21(26)27)9-20(25)14-5-4-13(22)8-18(14)23/h3-8,10-11,16,24H,9H2,1-2H3,(H,26,27). The summed E-state index contributed by atoms with van der Waals surface area (Å²) in [5.74, 6) is -4.54. The van der Waals surface area contributed by atoms with E-state index in [-0.39, 0.29) is 11.5 Å². The number of nitrogens with one attached hydrogen (secondary N) is 1. The van der Waals surface area contributed by atoms with Gasteiger partial charge in [-0.2, -0.15) is 0 Å². The van der Waals surface area contributed by atoms with Crippen LogP contribution in [0.15, 0.2) is 42.6 Å². The van der Waals surface area contributed by atoms with Gasteiger partial charge in [0.15, 0.2) is 5.78 Å². The molecule has 1 atom stereocenters. The molecule has 2 aromatic carbocycles. The minimum atomic E-state index is -1.18. The normalized spacial score (nSPS) is 12.5. The van der Waals surface area contributed by atoms with Crippen molar-refractivity contribution in [3.8, 4) is 0 Å². The number of hydrogen-bond donors (Lipinski definition) is 2. The first-order chi connectivity index (χ1) is 12.8. The van der Waals surface area contributed by atoms with Crippen molar-refractivity contribution in [1.82, 2.24) is 4.98 Å². The zero-order chi connectivity index (χ0) is 19.7. The molecule has 3 rings (SSSR count). The molecule has 27 heavy (non-hydrogen) atoms. The highest BCUT2D eigenvalue weighted by molar-refractivity contribution is 6.00. The highest BCUT2D eigenvalue weighted by Gasteiger charge is 2.27. The van der Waals surface area contributed by atoms with Gasteiger partial charge >= 0.3 is 5.97 Å². The molecule has 2 N–H and O–H groups in total. The second-order valence-electron chi connectivity index (χ2n) is 6.85. The Morgan fingerprint density at radius 3 is 2.48 bits per heavy atom. The summed E-state index contributed by atoms with van der Waals surface area (Å²) in [6.45, 7) is 4.06. The highest BCUT2D eigenvalue weighted by atomic mass is 19.1. The van der Waals surface area contributed by atoms with E-state index in [0.29, 0.717) is 11.6 Å². The lowest BCUT2D eigenvalue weighted by molar-refractivity contribution is -0.138. The summed E-state index contributed by atoms with van der Waals surface area (Å²) in [6.07, 6.45) is 1.15. The first-order valence-corrected chi connectivity index (χ1v) is 8.60. The van der Waals surface area contributed by atoms with E-state index in [4.69, 9.17) is 0 Å². The number of aromatic amines is 1. The summed E-state index contributed by atoms with van der Waals surface area (Å²) in [7, 11) is 0. The molecule has 0 saturated carbocycles. The molecule has 0 fully saturated rings. The summed E-state index contributed by atoms with van der Waals surface area (Å²) in [5.41, 5.74) is 1.96. The number of ketones is 1. The second-order valence-corrected chi connectivity index (χ2v) is 6.85. The van der Waals surface area contributed by atoms with Gasteiger partial charge in [0, 0.05) is 29.6 Å². The van der Waals surface area contributed by atoms with Crippen LogP contribution in [0.2, 0.25) is 0 Å². The number of hydrogen-bond acceptors (Lipinski definition) is 2. The predicted octanol–water partition coefficient (Wildman–Crippen LogP) is 5.01. The van der Waals surface area contributed by atoms with Gasteiger partial charge in [-0.1, -0.05) is 19.9 Å². The number of Topliss-reactive ketones (excluding diaryl/α,β-unsaturated/α-hetero) is 1. The molecule has 1 unspecified atom stereocenters. The predicted molar refractivity (Wildman–Crippen MR) is 98.1 cm³/mol. The van der Waals surface area contributed by atoms with Gasteiger partial charge in [0.25, 0.3) is 0 Å². The molecule has 0 aliphatic rings. The Bertz CT molecular complexity index is 1020. The molecule has 0 spiro atoms. The Balaban J connectivity index is 1.99. The molecule has 4 nitrogen and oxygen atoms in total. The maximum absolute atomic E-state index is 13.9. The van der Waals surface area contributed by atoms with Crippen LogP contribution < -0.4 is 0 Å². The average Bonchev–Trinajstić information content (AvgIpc) is 3.01. The number of aromatic nitrogens is 1. The third-order valence-electron chi connectivity index (χ3n) is 4.70. The van der Waals surface area contributed by atoms with E-state index in [1.807, 2.05) is 32.0 Å². The number of rotatable bonds is 6. The topological polar surface area (TPSA) is 70.2 Å². The first kappa shape index (κ1) is 18.8. The first-order valence-electron chi connectivity index (χ1n) is 8.60. The SMILES string of the molecule is CC(C)c1ccc2[nH]cc(C(CC(=O)c3ccc(F)cc3F)C(=O)O)c2c1. The number of carboxylic acid groups (broad SMARTS) is 1. The maximum Gasteiger partial charge on any atom is 0.311 e. The fourth-order valence-corrected chi connectivity index (χ4v) is 3.15. The lowest BCUT2D eigenvalue weighted by atomic mass is 9.90. The number of carbonyl (C=O) groups is 2. The smallest absolute Gasteiger partial charge is 0.311 e. The van der Waals surface area contributed by atoms with Crippen molar-refractivity contribution < 1.29 is 23.5 Å². The zero-order valence-electron chi connectivity index (χ0n) is 14.9. The second kappa shape index (κ2) is 7.31. The fourth-order valence-electron chi connectivity index (χ4n) is 3.15. The van der Waals surface area contributed by atoms with Crippen LogP contribution in [-0.4, -0.2) is 21.8 Å². The van der Waals surface area contributed by atoms with E-state index in [1.54, 1.807) is 6.20 Å². The van der Waals surface area contributed by atoms with Crippen molar-refractivity contribution in [2.24, 2.45) is 0 Å². The van der Waals surface area contributed by atoms with E-state index in [2.05, 4.69) is 4.98 Å². The Morgan fingerprint density at radius 1 is 1.11 bits per heavy atom. The molecule has 0 amide bonds. The van der Waals surface area contributed by atoms with Crippen molar-refractivity contribution in [2.45, 2.75) is 32.1 Å². The third-order valence-corrected chi connectivity index (χ3v) is 4.70. The molecule has 0 aliphatic heterocycles. The van der Waals surface area contributed by atoms with Gasteiger partial charge in [0.2, 0.25) is 0 Å². The minimum Gasteiger partial charge on any atom is -0.481 e. The molecule has 1 aromatic heterocycles. The Kier molecular flexibility index (Phi) is 5.08. The number of halogens is 2. The number of H-pyrrole nitrogens is 1. The minimum absolute atomic E-state index is 0.260. The van der Waals surface area contributed by atoms with Crippen molar-refractivity contribution in [3.05, 3.63) is 70.9 Å². The number of fused-ring (bicyclic) bond motifs is 1. The van der Waals surface area contributed by atoms with Crippen LogP contribution in [0.4, 0.5) is 8.78 Å².